The van der Waals surface area contributed by atoms with Crippen molar-refractivity contribution in [1.82, 2.24) is 34.4 Å². The van der Waals surface area contributed by atoms with Gasteiger partial charge in [-0.2, -0.15) is 5.10 Å². The van der Waals surface area contributed by atoms with Crippen LogP contribution in [-0.4, -0.2) is 54.1 Å². The van der Waals surface area contributed by atoms with Gasteiger partial charge in [-0.25, -0.2) is 9.67 Å². The molecule has 0 N–H and O–H groups in total. The monoisotopic (exact) mass is 343 g/mol. The second kappa shape index (κ2) is 7.64. The van der Waals surface area contributed by atoms with Crippen molar-refractivity contribution in [3.63, 3.8) is 0 Å². The van der Waals surface area contributed by atoms with Crippen LogP contribution in [0.4, 0.5) is 0 Å². The predicted molar refractivity (Wildman–Crippen MR) is 95.1 cm³/mol. The zero-order chi connectivity index (χ0) is 17.1. The molecule has 1 aliphatic carbocycles. The van der Waals surface area contributed by atoms with Crippen LogP contribution in [0.25, 0.3) is 0 Å². The summed E-state index contributed by atoms with van der Waals surface area (Å²) in [5.41, 5.74) is 0. The summed E-state index contributed by atoms with van der Waals surface area (Å²) in [5.74, 6) is 3.55. The summed E-state index contributed by atoms with van der Waals surface area (Å²) in [4.78, 5) is 6.67. The fraction of sp³-hybridized carbons (Fsp3) is 0.778. The molecule has 4 rings (SSSR count). The summed E-state index contributed by atoms with van der Waals surface area (Å²) in [7, 11) is 2.08. The Morgan fingerprint density at radius 2 is 1.84 bits per heavy atom. The van der Waals surface area contributed by atoms with Gasteiger partial charge in [-0.05, 0) is 44.7 Å². The van der Waals surface area contributed by atoms with Gasteiger partial charge in [0, 0.05) is 19.5 Å². The average molecular weight is 343 g/mol. The molecule has 25 heavy (non-hydrogen) atoms. The van der Waals surface area contributed by atoms with Crippen LogP contribution in [0.1, 0.15) is 62.5 Å². The Morgan fingerprint density at radius 3 is 2.56 bits per heavy atom. The van der Waals surface area contributed by atoms with Crippen molar-refractivity contribution < 1.29 is 0 Å². The Morgan fingerprint density at radius 1 is 1.04 bits per heavy atom. The van der Waals surface area contributed by atoms with Crippen LogP contribution in [0.5, 0.6) is 0 Å². The highest BCUT2D eigenvalue weighted by atomic mass is 15.4. The van der Waals surface area contributed by atoms with Crippen molar-refractivity contribution in [2.45, 2.75) is 57.4 Å². The molecular formula is C18H29N7. The molecule has 1 saturated carbocycles. The Labute approximate surface area is 149 Å². The fourth-order valence-corrected chi connectivity index (χ4v) is 4.44. The lowest BCUT2D eigenvalue weighted by atomic mass is 9.88. The van der Waals surface area contributed by atoms with Gasteiger partial charge in [-0.1, -0.05) is 19.3 Å². The lowest BCUT2D eigenvalue weighted by molar-refractivity contribution is 0.161. The van der Waals surface area contributed by atoms with E-state index in [1.165, 1.54) is 64.6 Å². The molecule has 0 atom stereocenters. The molecule has 136 valence electrons. The summed E-state index contributed by atoms with van der Waals surface area (Å²) in [6.07, 6.45) is 12.9. The molecule has 0 amide bonds. The number of rotatable bonds is 5. The first-order valence-electron chi connectivity index (χ1n) is 9.72. The van der Waals surface area contributed by atoms with Crippen molar-refractivity contribution in [2.75, 3.05) is 19.6 Å². The minimum Gasteiger partial charge on any atom is -0.316 e. The second-order valence-corrected chi connectivity index (χ2v) is 7.71. The van der Waals surface area contributed by atoms with E-state index in [4.69, 9.17) is 0 Å². The van der Waals surface area contributed by atoms with Gasteiger partial charge in [0.2, 0.25) is 0 Å². The first-order chi connectivity index (χ1) is 12.3. The van der Waals surface area contributed by atoms with Crippen LogP contribution in [-0.2, 0) is 13.6 Å². The SMILES string of the molecule is Cn1c(Cn2cncn2)nnc1C1CCN(CC2CCCCC2)CC1. The Kier molecular flexibility index (Phi) is 5.10. The van der Waals surface area contributed by atoms with E-state index in [2.05, 4.69) is 36.8 Å². The molecule has 0 bridgehead atoms. The number of hydrogen-bond acceptors (Lipinski definition) is 5. The number of aromatic nitrogens is 6. The molecule has 7 heteroatoms. The normalized spacial score (nSPS) is 21.0. The van der Waals surface area contributed by atoms with Gasteiger partial charge < -0.3 is 9.47 Å². The fourth-order valence-electron chi connectivity index (χ4n) is 4.44. The van der Waals surface area contributed by atoms with Crippen LogP contribution < -0.4 is 0 Å². The summed E-state index contributed by atoms with van der Waals surface area (Å²) >= 11 is 0. The first kappa shape index (κ1) is 16.7. The zero-order valence-electron chi connectivity index (χ0n) is 15.2. The minimum absolute atomic E-state index is 0.532. The van der Waals surface area contributed by atoms with E-state index in [1.54, 1.807) is 17.3 Å². The molecular weight excluding hydrogens is 314 g/mol. The van der Waals surface area contributed by atoms with Gasteiger partial charge in [0.05, 0.1) is 0 Å². The van der Waals surface area contributed by atoms with Gasteiger partial charge in [-0.15, -0.1) is 10.2 Å². The van der Waals surface area contributed by atoms with Crippen LogP contribution in [0.3, 0.4) is 0 Å². The van der Waals surface area contributed by atoms with E-state index < -0.39 is 0 Å². The molecule has 0 aromatic carbocycles. The number of likely N-dealkylation sites (tertiary alicyclic amines) is 1. The van der Waals surface area contributed by atoms with E-state index >= 15 is 0 Å². The third-order valence-electron chi connectivity index (χ3n) is 5.96. The van der Waals surface area contributed by atoms with E-state index in [0.29, 0.717) is 12.5 Å². The molecule has 1 saturated heterocycles. The van der Waals surface area contributed by atoms with Crippen LogP contribution in [0.15, 0.2) is 12.7 Å². The Bertz CT molecular complexity index is 649. The molecule has 1 aliphatic heterocycles. The third kappa shape index (κ3) is 3.92. The molecule has 3 heterocycles. The number of piperidine rings is 1. The average Bonchev–Trinajstić information content (AvgIpc) is 3.28. The topological polar surface area (TPSA) is 64.7 Å². The smallest absolute Gasteiger partial charge is 0.154 e. The highest BCUT2D eigenvalue weighted by molar-refractivity contribution is 5.03. The van der Waals surface area contributed by atoms with E-state index in [-0.39, 0.29) is 0 Å². The molecule has 0 radical (unpaired) electrons. The van der Waals surface area contributed by atoms with Gasteiger partial charge in [0.1, 0.15) is 25.0 Å². The van der Waals surface area contributed by atoms with E-state index in [0.717, 1.165) is 17.6 Å². The Balaban J connectivity index is 1.32. The maximum atomic E-state index is 4.49. The second-order valence-electron chi connectivity index (χ2n) is 7.71. The summed E-state index contributed by atoms with van der Waals surface area (Å²) in [5, 5.41) is 13.0. The van der Waals surface area contributed by atoms with E-state index in [9.17, 15) is 0 Å². The maximum absolute atomic E-state index is 4.49. The summed E-state index contributed by atoms with van der Waals surface area (Å²) in [6.45, 7) is 4.34. The van der Waals surface area contributed by atoms with Gasteiger partial charge in [0.25, 0.3) is 0 Å². The summed E-state index contributed by atoms with van der Waals surface area (Å²) < 4.78 is 3.95. The van der Waals surface area contributed by atoms with Crippen molar-refractivity contribution in [2.24, 2.45) is 13.0 Å². The quantitative estimate of drug-likeness (QED) is 0.833. The summed E-state index contributed by atoms with van der Waals surface area (Å²) in [6, 6.07) is 0. The standard InChI is InChI=1S/C18H29N7/c1-23-17(12-25-14-19-13-20-25)21-22-18(23)16-7-9-24(10-8-16)11-15-5-3-2-4-6-15/h13-16H,2-12H2,1H3. The minimum atomic E-state index is 0.532. The molecule has 2 aromatic rings. The highest BCUT2D eigenvalue weighted by Gasteiger charge is 2.26. The molecule has 2 aliphatic rings. The van der Waals surface area contributed by atoms with Crippen LogP contribution in [0.2, 0.25) is 0 Å². The third-order valence-corrected chi connectivity index (χ3v) is 5.96. The molecule has 2 fully saturated rings. The molecule has 2 aromatic heterocycles. The van der Waals surface area contributed by atoms with Crippen molar-refractivity contribution in [3.8, 4) is 0 Å². The van der Waals surface area contributed by atoms with Crippen molar-refractivity contribution in [1.29, 1.82) is 0 Å². The highest BCUT2D eigenvalue weighted by Crippen LogP contribution is 2.29. The zero-order valence-corrected chi connectivity index (χ0v) is 15.2. The molecule has 0 unspecified atom stereocenters. The molecule has 7 nitrogen and oxygen atoms in total. The number of nitrogens with zero attached hydrogens (tertiary/aromatic N) is 7. The Hall–Kier alpha value is -1.76. The largest absolute Gasteiger partial charge is 0.316 e. The lowest BCUT2D eigenvalue weighted by Crippen LogP contribution is -2.37. The van der Waals surface area contributed by atoms with Crippen LogP contribution in [0, 0.1) is 5.92 Å². The maximum Gasteiger partial charge on any atom is 0.154 e. The van der Waals surface area contributed by atoms with Gasteiger partial charge in [-0.3, -0.25) is 0 Å². The van der Waals surface area contributed by atoms with Crippen molar-refractivity contribution in [3.05, 3.63) is 24.3 Å². The van der Waals surface area contributed by atoms with Crippen LogP contribution >= 0.6 is 0 Å². The van der Waals surface area contributed by atoms with Gasteiger partial charge in [0.15, 0.2) is 5.82 Å². The van der Waals surface area contributed by atoms with E-state index in [1.807, 2.05) is 0 Å². The van der Waals surface area contributed by atoms with Gasteiger partial charge >= 0.3 is 0 Å². The first-order valence-corrected chi connectivity index (χ1v) is 9.72. The number of hydrogen-bond donors (Lipinski definition) is 0. The van der Waals surface area contributed by atoms with Crippen molar-refractivity contribution >= 4 is 0 Å². The molecule has 0 spiro atoms. The lowest BCUT2D eigenvalue weighted by Gasteiger charge is -2.35. The predicted octanol–water partition coefficient (Wildman–Crippen LogP) is 2.21.